The minimum atomic E-state index is 0.867. The van der Waals surface area contributed by atoms with Gasteiger partial charge in [-0.05, 0) is 47.4 Å². The lowest BCUT2D eigenvalue weighted by Gasteiger charge is -2.02. The van der Waals surface area contributed by atoms with Crippen LogP contribution in [-0.2, 0) is 11.3 Å². The molecule has 0 saturated carbocycles. The first-order valence-corrected chi connectivity index (χ1v) is 6.37. The van der Waals surface area contributed by atoms with Gasteiger partial charge in [-0.3, -0.25) is 0 Å². The molecule has 0 amide bonds. The van der Waals surface area contributed by atoms with Crippen molar-refractivity contribution < 1.29 is 4.74 Å². The monoisotopic (exact) mass is 277 g/mol. The van der Waals surface area contributed by atoms with Gasteiger partial charge in [0.15, 0.2) is 0 Å². The molecule has 0 aliphatic rings. The zero-order valence-corrected chi connectivity index (χ0v) is 10.8. The van der Waals surface area contributed by atoms with Gasteiger partial charge in [-0.15, -0.1) is 11.3 Å². The van der Waals surface area contributed by atoms with Gasteiger partial charge in [0.1, 0.15) is 0 Å². The minimum Gasteiger partial charge on any atom is -0.385 e. The Morgan fingerprint density at radius 2 is 2.29 bits per heavy atom. The van der Waals surface area contributed by atoms with Gasteiger partial charge in [0.25, 0.3) is 0 Å². The summed E-state index contributed by atoms with van der Waals surface area (Å²) in [6.07, 6.45) is 2.32. The number of thiophene rings is 1. The van der Waals surface area contributed by atoms with Crippen molar-refractivity contribution in [1.82, 2.24) is 5.32 Å². The third kappa shape index (κ3) is 5.10. The van der Waals surface area contributed by atoms with Gasteiger partial charge < -0.3 is 10.1 Å². The van der Waals surface area contributed by atoms with Gasteiger partial charge in [0.2, 0.25) is 0 Å². The number of hydrogen-bond acceptors (Lipinski definition) is 3. The molecular formula is C10H16BrNOS. The van der Waals surface area contributed by atoms with Gasteiger partial charge in [-0.1, -0.05) is 0 Å². The summed E-state index contributed by atoms with van der Waals surface area (Å²) in [7, 11) is 1.75. The Labute approximate surface area is 97.8 Å². The van der Waals surface area contributed by atoms with E-state index in [-0.39, 0.29) is 0 Å². The number of rotatable bonds is 7. The van der Waals surface area contributed by atoms with E-state index in [4.69, 9.17) is 4.74 Å². The van der Waals surface area contributed by atoms with Crippen LogP contribution in [-0.4, -0.2) is 20.3 Å². The average Bonchev–Trinajstić information content (AvgIpc) is 2.58. The van der Waals surface area contributed by atoms with Crippen molar-refractivity contribution in [2.45, 2.75) is 19.4 Å². The van der Waals surface area contributed by atoms with E-state index in [1.54, 1.807) is 18.4 Å². The molecule has 0 unspecified atom stereocenters. The summed E-state index contributed by atoms with van der Waals surface area (Å²) in [5.74, 6) is 0. The Hall–Kier alpha value is 0.1000. The lowest BCUT2D eigenvalue weighted by molar-refractivity contribution is 0.192. The van der Waals surface area contributed by atoms with Crippen LogP contribution in [0.25, 0.3) is 0 Å². The van der Waals surface area contributed by atoms with Crippen LogP contribution in [0.3, 0.4) is 0 Å². The fourth-order valence-corrected chi connectivity index (χ4v) is 2.61. The highest BCUT2D eigenvalue weighted by Crippen LogP contribution is 2.21. The number of methoxy groups -OCH3 is 1. The largest absolute Gasteiger partial charge is 0.385 e. The molecule has 2 nitrogen and oxygen atoms in total. The van der Waals surface area contributed by atoms with Crippen molar-refractivity contribution in [2.75, 3.05) is 20.3 Å². The lowest BCUT2D eigenvalue weighted by atomic mass is 10.3. The molecule has 0 aromatic carbocycles. The molecule has 1 heterocycles. The molecule has 80 valence electrons. The van der Waals surface area contributed by atoms with E-state index in [0.717, 1.165) is 26.1 Å². The van der Waals surface area contributed by atoms with Gasteiger partial charge in [0, 0.05) is 25.1 Å². The predicted octanol–water partition coefficient (Wildman–Crippen LogP) is 3.03. The zero-order chi connectivity index (χ0) is 10.2. The van der Waals surface area contributed by atoms with Crippen molar-refractivity contribution >= 4 is 27.3 Å². The lowest BCUT2D eigenvalue weighted by Crippen LogP contribution is -2.14. The fraction of sp³-hybridized carbons (Fsp3) is 0.600. The van der Waals surface area contributed by atoms with Crippen LogP contribution in [0.15, 0.2) is 15.9 Å². The summed E-state index contributed by atoms with van der Waals surface area (Å²) in [4.78, 5) is 1.38. The third-order valence-corrected chi connectivity index (χ3v) is 3.50. The topological polar surface area (TPSA) is 21.3 Å². The molecule has 0 bridgehead atoms. The second kappa shape index (κ2) is 7.40. The minimum absolute atomic E-state index is 0.867. The summed E-state index contributed by atoms with van der Waals surface area (Å²) in [6, 6.07) is 4.24. The summed E-state index contributed by atoms with van der Waals surface area (Å²) in [5, 5.41) is 3.41. The average molecular weight is 278 g/mol. The quantitative estimate of drug-likeness (QED) is 0.774. The Bertz CT molecular complexity index is 252. The molecular weight excluding hydrogens is 262 g/mol. The molecule has 1 aromatic rings. The van der Waals surface area contributed by atoms with Crippen molar-refractivity contribution in [3.63, 3.8) is 0 Å². The fourth-order valence-electron chi connectivity index (χ4n) is 1.15. The van der Waals surface area contributed by atoms with Crippen LogP contribution in [0.4, 0.5) is 0 Å². The molecule has 0 spiro atoms. The number of ether oxygens (including phenoxy) is 1. The van der Waals surface area contributed by atoms with Crippen LogP contribution in [0.2, 0.25) is 0 Å². The van der Waals surface area contributed by atoms with E-state index < -0.39 is 0 Å². The van der Waals surface area contributed by atoms with Gasteiger partial charge >= 0.3 is 0 Å². The molecule has 1 aromatic heterocycles. The van der Waals surface area contributed by atoms with Crippen molar-refractivity contribution in [3.8, 4) is 0 Å². The van der Waals surface area contributed by atoms with E-state index in [9.17, 15) is 0 Å². The Morgan fingerprint density at radius 1 is 1.43 bits per heavy atom. The molecule has 0 saturated heterocycles. The molecule has 4 heteroatoms. The summed E-state index contributed by atoms with van der Waals surface area (Å²) < 4.78 is 6.18. The summed E-state index contributed by atoms with van der Waals surface area (Å²) in [5.41, 5.74) is 0. The van der Waals surface area contributed by atoms with Gasteiger partial charge in [-0.25, -0.2) is 0 Å². The molecule has 1 N–H and O–H groups in total. The number of halogens is 1. The van der Waals surface area contributed by atoms with Crippen molar-refractivity contribution in [2.24, 2.45) is 0 Å². The van der Waals surface area contributed by atoms with Gasteiger partial charge in [-0.2, -0.15) is 0 Å². The molecule has 1 rings (SSSR count). The van der Waals surface area contributed by atoms with Crippen LogP contribution in [0, 0.1) is 0 Å². The third-order valence-electron chi connectivity index (χ3n) is 1.88. The van der Waals surface area contributed by atoms with Gasteiger partial charge in [0.05, 0.1) is 3.79 Å². The smallest absolute Gasteiger partial charge is 0.0701 e. The summed E-state index contributed by atoms with van der Waals surface area (Å²) >= 11 is 5.24. The Kier molecular flexibility index (Phi) is 6.43. The molecule has 0 radical (unpaired) electrons. The molecule has 14 heavy (non-hydrogen) atoms. The second-order valence-electron chi connectivity index (χ2n) is 3.08. The highest BCUT2D eigenvalue weighted by atomic mass is 79.9. The molecule has 0 aliphatic carbocycles. The Balaban J connectivity index is 1.99. The van der Waals surface area contributed by atoms with Crippen molar-refractivity contribution in [1.29, 1.82) is 0 Å². The van der Waals surface area contributed by atoms with E-state index in [1.165, 1.54) is 15.1 Å². The maximum absolute atomic E-state index is 4.98. The van der Waals surface area contributed by atoms with Crippen LogP contribution < -0.4 is 5.32 Å². The normalized spacial score (nSPS) is 10.7. The van der Waals surface area contributed by atoms with E-state index >= 15 is 0 Å². The molecule has 0 aliphatic heterocycles. The molecule has 0 fully saturated rings. The number of hydrogen-bond donors (Lipinski definition) is 1. The SMILES string of the molecule is COCCCCNCc1ccc(Br)s1. The number of nitrogens with one attached hydrogen (secondary N) is 1. The standard InChI is InChI=1S/C10H16BrNOS/c1-13-7-3-2-6-12-8-9-4-5-10(11)14-9/h4-5,12H,2-3,6-8H2,1H3. The number of unbranched alkanes of at least 4 members (excludes halogenated alkanes) is 1. The molecule has 0 atom stereocenters. The zero-order valence-electron chi connectivity index (χ0n) is 8.38. The second-order valence-corrected chi connectivity index (χ2v) is 5.63. The first-order chi connectivity index (χ1) is 6.83. The van der Waals surface area contributed by atoms with E-state index in [1.807, 2.05) is 0 Å². The van der Waals surface area contributed by atoms with E-state index in [0.29, 0.717) is 0 Å². The maximum atomic E-state index is 4.98. The highest BCUT2D eigenvalue weighted by molar-refractivity contribution is 9.11. The van der Waals surface area contributed by atoms with Crippen LogP contribution >= 0.6 is 27.3 Å². The van der Waals surface area contributed by atoms with Crippen LogP contribution in [0.5, 0.6) is 0 Å². The Morgan fingerprint density at radius 3 is 2.93 bits per heavy atom. The predicted molar refractivity (Wildman–Crippen MR) is 64.8 cm³/mol. The first kappa shape index (κ1) is 12.2. The first-order valence-electron chi connectivity index (χ1n) is 4.77. The van der Waals surface area contributed by atoms with Crippen LogP contribution in [0.1, 0.15) is 17.7 Å². The van der Waals surface area contributed by atoms with Crippen molar-refractivity contribution in [3.05, 3.63) is 20.8 Å². The highest BCUT2D eigenvalue weighted by Gasteiger charge is 1.96. The summed E-state index contributed by atoms with van der Waals surface area (Å²) in [6.45, 7) is 2.91. The van der Waals surface area contributed by atoms with E-state index in [2.05, 4.69) is 33.4 Å². The maximum Gasteiger partial charge on any atom is 0.0701 e.